The Balaban J connectivity index is 2.17. The number of rotatable bonds is 4. The Labute approximate surface area is 88.6 Å². The van der Waals surface area contributed by atoms with E-state index in [4.69, 9.17) is 5.11 Å². The lowest BCUT2D eigenvalue weighted by Gasteiger charge is -2.11. The SMILES string of the molecule is C[C@H](CO)NCc1cccc2nccn12. The van der Waals surface area contributed by atoms with Gasteiger partial charge in [-0.05, 0) is 19.1 Å². The molecule has 0 bridgehead atoms. The molecule has 15 heavy (non-hydrogen) atoms. The second kappa shape index (κ2) is 4.42. The summed E-state index contributed by atoms with van der Waals surface area (Å²) in [5.74, 6) is 0. The van der Waals surface area contributed by atoms with Gasteiger partial charge < -0.3 is 14.8 Å². The minimum absolute atomic E-state index is 0.115. The molecule has 4 heteroatoms. The van der Waals surface area contributed by atoms with E-state index in [1.807, 2.05) is 35.7 Å². The number of aliphatic hydroxyl groups is 1. The van der Waals surface area contributed by atoms with E-state index in [0.29, 0.717) is 0 Å². The number of fused-ring (bicyclic) bond motifs is 1. The highest BCUT2D eigenvalue weighted by atomic mass is 16.3. The van der Waals surface area contributed by atoms with Crippen LogP contribution >= 0.6 is 0 Å². The third-order valence-electron chi connectivity index (χ3n) is 2.42. The highest BCUT2D eigenvalue weighted by Gasteiger charge is 2.02. The predicted molar refractivity (Wildman–Crippen MR) is 58.6 cm³/mol. The van der Waals surface area contributed by atoms with E-state index in [1.165, 1.54) is 0 Å². The molecule has 0 saturated heterocycles. The number of nitrogens with zero attached hydrogens (tertiary/aromatic N) is 2. The third kappa shape index (κ3) is 2.16. The van der Waals surface area contributed by atoms with Gasteiger partial charge >= 0.3 is 0 Å². The van der Waals surface area contributed by atoms with Gasteiger partial charge in [-0.1, -0.05) is 6.07 Å². The van der Waals surface area contributed by atoms with Crippen LogP contribution < -0.4 is 5.32 Å². The lowest BCUT2D eigenvalue weighted by atomic mass is 10.3. The standard InChI is InChI=1S/C11H15N3O/c1-9(8-15)13-7-10-3-2-4-11-12-5-6-14(10)11/h2-6,9,13,15H,7-8H2,1H3/t9-/m1/s1. The zero-order valence-corrected chi connectivity index (χ0v) is 8.72. The van der Waals surface area contributed by atoms with E-state index >= 15 is 0 Å². The molecule has 0 spiro atoms. The zero-order chi connectivity index (χ0) is 10.7. The first-order chi connectivity index (χ1) is 7.31. The Bertz CT molecular complexity index is 438. The van der Waals surface area contributed by atoms with Gasteiger partial charge in [-0.2, -0.15) is 0 Å². The summed E-state index contributed by atoms with van der Waals surface area (Å²) in [6.45, 7) is 2.84. The van der Waals surface area contributed by atoms with Crippen molar-refractivity contribution in [2.75, 3.05) is 6.61 Å². The molecule has 0 fully saturated rings. The van der Waals surface area contributed by atoms with Gasteiger partial charge in [0.25, 0.3) is 0 Å². The molecule has 0 aliphatic heterocycles. The van der Waals surface area contributed by atoms with E-state index in [0.717, 1.165) is 17.9 Å². The van der Waals surface area contributed by atoms with Crippen LogP contribution in [-0.2, 0) is 6.54 Å². The van der Waals surface area contributed by atoms with E-state index < -0.39 is 0 Å². The smallest absolute Gasteiger partial charge is 0.136 e. The summed E-state index contributed by atoms with van der Waals surface area (Å²) < 4.78 is 2.04. The van der Waals surface area contributed by atoms with Gasteiger partial charge in [-0.25, -0.2) is 4.98 Å². The normalized spacial score (nSPS) is 13.2. The van der Waals surface area contributed by atoms with Crippen LogP contribution in [0, 0.1) is 0 Å². The summed E-state index contributed by atoms with van der Waals surface area (Å²) in [5, 5.41) is 12.1. The Kier molecular flexibility index (Phi) is 2.99. The fourth-order valence-electron chi connectivity index (χ4n) is 1.49. The van der Waals surface area contributed by atoms with Gasteiger partial charge in [0.15, 0.2) is 0 Å². The van der Waals surface area contributed by atoms with Gasteiger partial charge in [0.05, 0.1) is 6.61 Å². The maximum atomic E-state index is 8.90. The predicted octanol–water partition coefficient (Wildman–Crippen LogP) is 0.805. The van der Waals surface area contributed by atoms with Crippen LogP contribution in [0.4, 0.5) is 0 Å². The van der Waals surface area contributed by atoms with Crippen molar-refractivity contribution >= 4 is 5.65 Å². The zero-order valence-electron chi connectivity index (χ0n) is 8.72. The molecule has 0 unspecified atom stereocenters. The number of hydrogen-bond acceptors (Lipinski definition) is 3. The lowest BCUT2D eigenvalue weighted by molar-refractivity contribution is 0.250. The van der Waals surface area contributed by atoms with E-state index in [1.54, 1.807) is 6.20 Å². The van der Waals surface area contributed by atoms with Crippen LogP contribution in [-0.4, -0.2) is 27.1 Å². The van der Waals surface area contributed by atoms with Crippen molar-refractivity contribution in [1.29, 1.82) is 0 Å². The fourth-order valence-corrected chi connectivity index (χ4v) is 1.49. The van der Waals surface area contributed by atoms with Crippen molar-refractivity contribution in [3.8, 4) is 0 Å². The van der Waals surface area contributed by atoms with Crippen molar-refractivity contribution < 1.29 is 5.11 Å². The average molecular weight is 205 g/mol. The quantitative estimate of drug-likeness (QED) is 0.776. The van der Waals surface area contributed by atoms with Crippen LogP contribution in [0.1, 0.15) is 12.6 Å². The molecule has 2 heterocycles. The van der Waals surface area contributed by atoms with Gasteiger partial charge in [0, 0.05) is 30.7 Å². The van der Waals surface area contributed by atoms with Crippen molar-refractivity contribution in [1.82, 2.24) is 14.7 Å². The summed E-state index contributed by atoms with van der Waals surface area (Å²) >= 11 is 0. The van der Waals surface area contributed by atoms with Crippen molar-refractivity contribution in [3.05, 3.63) is 36.3 Å². The molecule has 1 atom stereocenters. The first-order valence-electron chi connectivity index (χ1n) is 5.06. The molecule has 0 aliphatic carbocycles. The molecule has 2 N–H and O–H groups in total. The summed E-state index contributed by atoms with van der Waals surface area (Å²) in [4.78, 5) is 4.21. The van der Waals surface area contributed by atoms with Gasteiger partial charge in [0.2, 0.25) is 0 Å². The Morgan fingerprint density at radius 1 is 1.53 bits per heavy atom. The first kappa shape index (κ1) is 10.1. The molecule has 0 radical (unpaired) electrons. The van der Waals surface area contributed by atoms with Crippen molar-refractivity contribution in [2.24, 2.45) is 0 Å². The fraction of sp³-hybridized carbons (Fsp3) is 0.364. The number of pyridine rings is 1. The number of aliphatic hydroxyl groups excluding tert-OH is 1. The molecule has 2 rings (SSSR count). The molecular weight excluding hydrogens is 190 g/mol. The monoisotopic (exact) mass is 205 g/mol. The molecule has 2 aromatic rings. The van der Waals surface area contributed by atoms with Crippen molar-refractivity contribution in [3.63, 3.8) is 0 Å². The molecule has 80 valence electrons. The summed E-state index contributed by atoms with van der Waals surface area (Å²) in [6.07, 6.45) is 3.73. The van der Waals surface area contributed by atoms with E-state index in [2.05, 4.69) is 10.3 Å². The molecule has 0 amide bonds. The van der Waals surface area contributed by atoms with E-state index in [-0.39, 0.29) is 12.6 Å². The maximum absolute atomic E-state index is 8.90. The highest BCUT2D eigenvalue weighted by Crippen LogP contribution is 2.05. The van der Waals surface area contributed by atoms with Crippen LogP contribution in [0.5, 0.6) is 0 Å². The van der Waals surface area contributed by atoms with E-state index in [9.17, 15) is 0 Å². The van der Waals surface area contributed by atoms with Crippen LogP contribution in [0.15, 0.2) is 30.6 Å². The van der Waals surface area contributed by atoms with Gasteiger partial charge in [-0.15, -0.1) is 0 Å². The highest BCUT2D eigenvalue weighted by molar-refractivity contribution is 5.39. The number of hydrogen-bond donors (Lipinski definition) is 2. The molecule has 2 aromatic heterocycles. The number of nitrogens with one attached hydrogen (secondary N) is 1. The molecule has 0 aromatic carbocycles. The number of aromatic nitrogens is 2. The first-order valence-corrected chi connectivity index (χ1v) is 5.06. The lowest BCUT2D eigenvalue weighted by Crippen LogP contribution is -2.29. The molecule has 0 saturated carbocycles. The molecule has 0 aliphatic rings. The maximum Gasteiger partial charge on any atom is 0.136 e. The number of imidazole rings is 1. The van der Waals surface area contributed by atoms with Gasteiger partial charge in [-0.3, -0.25) is 0 Å². The Morgan fingerprint density at radius 3 is 3.20 bits per heavy atom. The average Bonchev–Trinajstić information content (AvgIpc) is 2.74. The third-order valence-corrected chi connectivity index (χ3v) is 2.42. The minimum atomic E-state index is 0.115. The molecular formula is C11H15N3O. The summed E-state index contributed by atoms with van der Waals surface area (Å²) in [6, 6.07) is 6.12. The largest absolute Gasteiger partial charge is 0.395 e. The Morgan fingerprint density at radius 2 is 2.40 bits per heavy atom. The van der Waals surface area contributed by atoms with Gasteiger partial charge in [0.1, 0.15) is 5.65 Å². The second-order valence-electron chi connectivity index (χ2n) is 3.64. The van der Waals surface area contributed by atoms with Crippen LogP contribution in [0.25, 0.3) is 5.65 Å². The minimum Gasteiger partial charge on any atom is -0.395 e. The topological polar surface area (TPSA) is 49.6 Å². The van der Waals surface area contributed by atoms with Crippen LogP contribution in [0.3, 0.4) is 0 Å². The molecule has 4 nitrogen and oxygen atoms in total. The Hall–Kier alpha value is -1.39. The summed E-state index contributed by atoms with van der Waals surface area (Å²) in [5.41, 5.74) is 2.09. The second-order valence-corrected chi connectivity index (χ2v) is 3.64. The van der Waals surface area contributed by atoms with Crippen LogP contribution in [0.2, 0.25) is 0 Å². The summed E-state index contributed by atoms with van der Waals surface area (Å²) in [7, 11) is 0. The van der Waals surface area contributed by atoms with Crippen molar-refractivity contribution in [2.45, 2.75) is 19.5 Å².